The van der Waals surface area contributed by atoms with Crippen LogP contribution in [0.5, 0.6) is 0 Å². The number of amidine groups is 1. The first-order valence-corrected chi connectivity index (χ1v) is 8.27. The number of para-hydroxylation sites is 1. The fourth-order valence-corrected chi connectivity index (χ4v) is 3.32. The summed E-state index contributed by atoms with van der Waals surface area (Å²) in [7, 11) is 0. The second kappa shape index (κ2) is 6.60. The Kier molecular flexibility index (Phi) is 4.12. The molecule has 0 spiro atoms. The number of hydrogen-bond acceptors (Lipinski definition) is 1. The molecule has 0 atom stereocenters. The molecule has 3 aromatic carbocycles. The van der Waals surface area contributed by atoms with Gasteiger partial charge in [0, 0.05) is 33.6 Å². The van der Waals surface area contributed by atoms with E-state index in [1.807, 2.05) is 42.5 Å². The molecule has 0 aliphatic carbocycles. The topological polar surface area (TPSA) is 81.3 Å². The SMILES string of the molecule is NN=NC(=[NH2+])c1ccc2c(c1)c1ccccc1n2Cc1ccc(F)c(F)c1. The molecule has 134 valence electrons. The molecule has 5 nitrogen and oxygen atoms in total. The van der Waals surface area contributed by atoms with E-state index in [1.165, 1.54) is 6.07 Å². The Morgan fingerprint density at radius 1 is 0.926 bits per heavy atom. The first-order valence-electron chi connectivity index (χ1n) is 8.27. The van der Waals surface area contributed by atoms with Gasteiger partial charge in [0.1, 0.15) is 0 Å². The summed E-state index contributed by atoms with van der Waals surface area (Å²) < 4.78 is 28.9. The van der Waals surface area contributed by atoms with Gasteiger partial charge in [0.25, 0.3) is 0 Å². The highest BCUT2D eigenvalue weighted by Gasteiger charge is 2.15. The number of rotatable bonds is 3. The quantitative estimate of drug-likeness (QED) is 0.189. The number of hydrogen-bond donors (Lipinski definition) is 2. The van der Waals surface area contributed by atoms with Crippen LogP contribution in [0.4, 0.5) is 8.78 Å². The smallest absolute Gasteiger partial charge is 0.336 e. The fourth-order valence-electron chi connectivity index (χ4n) is 3.32. The summed E-state index contributed by atoms with van der Waals surface area (Å²) >= 11 is 0. The average Bonchev–Trinajstić information content (AvgIpc) is 2.98. The number of benzene rings is 3. The monoisotopic (exact) mass is 364 g/mol. The minimum Gasteiger partial charge on any atom is -0.336 e. The number of fused-ring (bicyclic) bond motifs is 3. The summed E-state index contributed by atoms with van der Waals surface area (Å²) in [6, 6.07) is 17.5. The second-order valence-electron chi connectivity index (χ2n) is 6.18. The third-order valence-electron chi connectivity index (χ3n) is 4.56. The normalized spacial score (nSPS) is 11.6. The molecule has 0 radical (unpaired) electrons. The van der Waals surface area contributed by atoms with Crippen LogP contribution in [0.2, 0.25) is 0 Å². The van der Waals surface area contributed by atoms with Gasteiger partial charge in [-0.05, 0) is 42.0 Å². The molecule has 0 saturated carbocycles. The number of nitrogens with two attached hydrogens (primary N) is 2. The molecule has 0 saturated heterocycles. The predicted molar refractivity (Wildman–Crippen MR) is 100.0 cm³/mol. The third kappa shape index (κ3) is 2.93. The van der Waals surface area contributed by atoms with E-state index in [0.29, 0.717) is 17.7 Å². The molecular weight excluding hydrogens is 348 g/mol. The molecule has 4 rings (SSSR count). The van der Waals surface area contributed by atoms with Crippen molar-refractivity contribution in [3.8, 4) is 0 Å². The highest BCUT2D eigenvalue weighted by atomic mass is 19.2. The lowest BCUT2D eigenvalue weighted by Crippen LogP contribution is -2.38. The van der Waals surface area contributed by atoms with E-state index >= 15 is 0 Å². The fraction of sp³-hybridized carbons (Fsp3) is 0.0500. The van der Waals surface area contributed by atoms with Gasteiger partial charge in [-0.2, -0.15) is 0 Å². The van der Waals surface area contributed by atoms with Gasteiger partial charge in [-0.15, -0.1) is 0 Å². The molecule has 0 aliphatic heterocycles. The Balaban J connectivity index is 1.90. The summed E-state index contributed by atoms with van der Waals surface area (Å²) in [5.74, 6) is 3.59. The lowest BCUT2D eigenvalue weighted by atomic mass is 10.1. The maximum Gasteiger partial charge on any atom is 0.350 e. The molecular formula is C20H16F2N5+. The van der Waals surface area contributed by atoms with E-state index in [4.69, 9.17) is 11.3 Å². The van der Waals surface area contributed by atoms with Crippen LogP contribution in [0, 0.1) is 11.6 Å². The minimum absolute atomic E-state index is 0.219. The maximum absolute atomic E-state index is 13.6. The molecule has 4 N–H and O–H groups in total. The largest absolute Gasteiger partial charge is 0.350 e. The number of halogens is 2. The first kappa shape index (κ1) is 16.8. The molecule has 27 heavy (non-hydrogen) atoms. The summed E-state index contributed by atoms with van der Waals surface area (Å²) in [4.78, 5) is 0. The van der Waals surface area contributed by atoms with Gasteiger partial charge < -0.3 is 4.57 Å². The average molecular weight is 364 g/mol. The maximum atomic E-state index is 13.6. The minimum atomic E-state index is -0.856. The molecule has 0 fully saturated rings. The van der Waals surface area contributed by atoms with E-state index in [1.54, 1.807) is 6.07 Å². The highest BCUT2D eigenvalue weighted by Crippen LogP contribution is 2.30. The van der Waals surface area contributed by atoms with Crippen molar-refractivity contribution >= 4 is 27.6 Å². The Hall–Kier alpha value is -3.61. The van der Waals surface area contributed by atoms with Crippen molar-refractivity contribution in [2.24, 2.45) is 16.2 Å². The van der Waals surface area contributed by atoms with Crippen molar-refractivity contribution in [1.82, 2.24) is 4.57 Å². The molecule has 1 heterocycles. The lowest BCUT2D eigenvalue weighted by molar-refractivity contribution is -0.114. The Bertz CT molecular complexity index is 1210. The summed E-state index contributed by atoms with van der Waals surface area (Å²) in [6.07, 6.45) is 0. The Labute approximate surface area is 153 Å². The lowest BCUT2D eigenvalue weighted by Gasteiger charge is -2.08. The van der Waals surface area contributed by atoms with Crippen molar-refractivity contribution in [1.29, 1.82) is 0 Å². The van der Waals surface area contributed by atoms with Crippen molar-refractivity contribution in [2.75, 3.05) is 0 Å². The van der Waals surface area contributed by atoms with E-state index < -0.39 is 11.6 Å². The molecule has 1 aromatic heterocycles. The van der Waals surface area contributed by atoms with Gasteiger partial charge in [0.15, 0.2) is 11.6 Å². The first-order chi connectivity index (χ1) is 13.1. The summed E-state index contributed by atoms with van der Waals surface area (Å²) in [5.41, 5.74) is 3.30. The standard InChI is InChI=1S/C20H15F2N5/c21-16-7-5-12(9-17(16)22)11-27-18-4-2-1-3-14(18)15-10-13(6-8-19(15)27)20(23)25-26-24/h1-10H,11H2,(H3,23,24,25)/p+1. The molecule has 0 aliphatic rings. The third-order valence-corrected chi connectivity index (χ3v) is 4.56. The van der Waals surface area contributed by atoms with Gasteiger partial charge >= 0.3 is 5.84 Å². The molecule has 0 unspecified atom stereocenters. The van der Waals surface area contributed by atoms with Crippen LogP contribution in [-0.2, 0) is 6.54 Å². The zero-order valence-electron chi connectivity index (χ0n) is 14.2. The van der Waals surface area contributed by atoms with Crippen molar-refractivity contribution < 1.29 is 14.2 Å². The van der Waals surface area contributed by atoms with E-state index in [0.717, 1.165) is 27.9 Å². The zero-order valence-corrected chi connectivity index (χ0v) is 14.2. The molecule has 0 bridgehead atoms. The van der Waals surface area contributed by atoms with Crippen LogP contribution >= 0.6 is 0 Å². The van der Waals surface area contributed by atoms with E-state index in [9.17, 15) is 8.78 Å². The predicted octanol–water partition coefficient (Wildman–Crippen LogP) is 2.95. The number of nitrogens with zero attached hydrogens (tertiary/aromatic N) is 3. The van der Waals surface area contributed by atoms with E-state index in [-0.39, 0.29) is 5.84 Å². The van der Waals surface area contributed by atoms with Crippen LogP contribution in [0.3, 0.4) is 0 Å². The molecule has 0 amide bonds. The Morgan fingerprint density at radius 2 is 1.70 bits per heavy atom. The van der Waals surface area contributed by atoms with Gasteiger partial charge in [0.2, 0.25) is 0 Å². The van der Waals surface area contributed by atoms with Crippen molar-refractivity contribution in [3.63, 3.8) is 0 Å². The van der Waals surface area contributed by atoms with Crippen molar-refractivity contribution in [2.45, 2.75) is 6.54 Å². The van der Waals surface area contributed by atoms with Crippen molar-refractivity contribution in [3.05, 3.63) is 83.4 Å². The molecule has 4 aromatic rings. The van der Waals surface area contributed by atoms with Gasteiger partial charge in [0.05, 0.1) is 10.7 Å². The second-order valence-corrected chi connectivity index (χ2v) is 6.18. The summed E-state index contributed by atoms with van der Waals surface area (Å²) in [6.45, 7) is 0.405. The highest BCUT2D eigenvalue weighted by molar-refractivity contribution is 6.10. The van der Waals surface area contributed by atoms with Gasteiger partial charge in [-0.1, -0.05) is 24.3 Å². The molecule has 7 heteroatoms. The number of aromatic nitrogens is 1. The Morgan fingerprint density at radius 3 is 2.48 bits per heavy atom. The summed E-state index contributed by atoms with van der Waals surface area (Å²) in [5, 5.41) is 14.8. The van der Waals surface area contributed by atoms with Gasteiger partial charge in [-0.3, -0.25) is 11.3 Å². The van der Waals surface area contributed by atoms with Crippen LogP contribution in [0.15, 0.2) is 71.0 Å². The zero-order chi connectivity index (χ0) is 19.0. The van der Waals surface area contributed by atoms with Crippen LogP contribution in [-0.4, -0.2) is 10.4 Å². The van der Waals surface area contributed by atoms with Gasteiger partial charge in [-0.25, -0.2) is 8.78 Å². The van der Waals surface area contributed by atoms with Crippen LogP contribution in [0.25, 0.3) is 21.8 Å². The van der Waals surface area contributed by atoms with Crippen LogP contribution < -0.4 is 11.3 Å². The van der Waals surface area contributed by atoms with E-state index in [2.05, 4.69) is 14.9 Å². The van der Waals surface area contributed by atoms with Crippen LogP contribution in [0.1, 0.15) is 11.1 Å².